The van der Waals surface area contributed by atoms with Crippen LogP contribution in [0.2, 0.25) is 0 Å². The van der Waals surface area contributed by atoms with E-state index in [9.17, 15) is 0 Å². The van der Waals surface area contributed by atoms with Gasteiger partial charge in [-0.05, 0) is 30.4 Å². The average Bonchev–Trinajstić information content (AvgIpc) is 2.78. The summed E-state index contributed by atoms with van der Waals surface area (Å²) in [6, 6.07) is 12.9. The van der Waals surface area contributed by atoms with E-state index in [1.165, 1.54) is 16.0 Å². The van der Waals surface area contributed by atoms with Crippen molar-refractivity contribution in [3.05, 3.63) is 57.8 Å². The van der Waals surface area contributed by atoms with Gasteiger partial charge in [-0.2, -0.15) is 0 Å². The van der Waals surface area contributed by atoms with Gasteiger partial charge in [0.2, 0.25) is 0 Å². The van der Waals surface area contributed by atoms with Crippen LogP contribution in [0.4, 0.5) is 0 Å². The quantitative estimate of drug-likeness (QED) is 0.695. The predicted octanol–water partition coefficient (Wildman–Crippen LogP) is 4.62. The minimum Gasteiger partial charge on any atom is -0.149 e. The molecule has 1 heterocycles. The second kappa shape index (κ2) is 5.51. The average molecular weight is 251 g/mol. The van der Waals surface area contributed by atoms with E-state index in [2.05, 4.69) is 48.7 Å². The zero-order chi connectivity index (χ0) is 11.4. The Bertz CT molecular complexity index is 434. The first-order valence-corrected chi connectivity index (χ1v) is 6.86. The van der Waals surface area contributed by atoms with E-state index in [0.717, 1.165) is 6.42 Å². The van der Waals surface area contributed by atoms with E-state index in [-0.39, 0.29) is 0 Å². The normalized spacial score (nSPS) is 12.6. The highest BCUT2D eigenvalue weighted by Crippen LogP contribution is 2.25. The molecule has 1 aromatic carbocycles. The fourth-order valence-corrected chi connectivity index (χ4v) is 2.93. The van der Waals surface area contributed by atoms with Crippen molar-refractivity contribution in [2.24, 2.45) is 0 Å². The molecule has 2 rings (SSSR count). The highest BCUT2D eigenvalue weighted by atomic mass is 35.5. The van der Waals surface area contributed by atoms with Crippen molar-refractivity contribution in [1.82, 2.24) is 0 Å². The second-order valence-corrected chi connectivity index (χ2v) is 5.39. The number of hydrogen-bond acceptors (Lipinski definition) is 1. The van der Waals surface area contributed by atoms with Gasteiger partial charge < -0.3 is 0 Å². The lowest BCUT2D eigenvalue weighted by molar-refractivity contribution is 0.775. The third-order valence-electron chi connectivity index (χ3n) is 2.73. The molecule has 2 heteroatoms. The van der Waals surface area contributed by atoms with Crippen molar-refractivity contribution >= 4 is 22.9 Å². The zero-order valence-corrected chi connectivity index (χ0v) is 10.9. The van der Waals surface area contributed by atoms with Crippen LogP contribution in [0.25, 0.3) is 0 Å². The summed E-state index contributed by atoms with van der Waals surface area (Å²) >= 11 is 7.88. The number of benzene rings is 1. The van der Waals surface area contributed by atoms with Crippen molar-refractivity contribution < 1.29 is 0 Å². The molecule has 84 valence electrons. The van der Waals surface area contributed by atoms with Crippen LogP contribution < -0.4 is 0 Å². The lowest BCUT2D eigenvalue weighted by atomic mass is 9.95. The molecule has 0 saturated heterocycles. The van der Waals surface area contributed by atoms with Gasteiger partial charge >= 0.3 is 0 Å². The monoisotopic (exact) mass is 250 g/mol. The van der Waals surface area contributed by atoms with Gasteiger partial charge in [-0.15, -0.1) is 22.9 Å². The highest BCUT2D eigenvalue weighted by Gasteiger charge is 2.11. The molecular formula is C14H15ClS. The summed E-state index contributed by atoms with van der Waals surface area (Å²) in [5.74, 6) is 1.11. The Morgan fingerprint density at radius 3 is 2.75 bits per heavy atom. The Labute approximate surface area is 106 Å². The molecule has 0 bridgehead atoms. The largest absolute Gasteiger partial charge is 0.149 e. The smallest absolute Gasteiger partial charge is 0.0295 e. The van der Waals surface area contributed by atoms with Gasteiger partial charge in [-0.1, -0.05) is 35.9 Å². The van der Waals surface area contributed by atoms with Crippen LogP contribution in [-0.2, 0) is 6.42 Å². The van der Waals surface area contributed by atoms with Crippen molar-refractivity contribution in [3.63, 3.8) is 0 Å². The van der Waals surface area contributed by atoms with E-state index in [0.29, 0.717) is 11.8 Å². The molecule has 0 radical (unpaired) electrons. The Morgan fingerprint density at radius 2 is 2.12 bits per heavy atom. The highest BCUT2D eigenvalue weighted by molar-refractivity contribution is 7.09. The topological polar surface area (TPSA) is 0 Å². The van der Waals surface area contributed by atoms with E-state index >= 15 is 0 Å². The summed E-state index contributed by atoms with van der Waals surface area (Å²) in [5, 5.41) is 2.12. The van der Waals surface area contributed by atoms with Gasteiger partial charge in [0.05, 0.1) is 0 Å². The molecule has 0 fully saturated rings. The SMILES string of the molecule is Cc1cccc(C(CCl)Cc2cccs2)c1. The minimum absolute atomic E-state index is 0.431. The number of alkyl halides is 1. The van der Waals surface area contributed by atoms with Gasteiger partial charge in [-0.3, -0.25) is 0 Å². The number of rotatable bonds is 4. The van der Waals surface area contributed by atoms with Gasteiger partial charge in [0.25, 0.3) is 0 Å². The molecule has 0 aliphatic rings. The Hall–Kier alpha value is -0.790. The van der Waals surface area contributed by atoms with Crippen molar-refractivity contribution in [3.8, 4) is 0 Å². The van der Waals surface area contributed by atoms with Crippen LogP contribution in [-0.4, -0.2) is 5.88 Å². The first-order valence-electron chi connectivity index (χ1n) is 5.44. The fourth-order valence-electron chi connectivity index (χ4n) is 1.86. The van der Waals surface area contributed by atoms with Crippen LogP contribution in [0.1, 0.15) is 21.9 Å². The lowest BCUT2D eigenvalue weighted by Gasteiger charge is -2.13. The van der Waals surface area contributed by atoms with E-state index < -0.39 is 0 Å². The van der Waals surface area contributed by atoms with E-state index in [1.807, 2.05) is 0 Å². The summed E-state index contributed by atoms with van der Waals surface area (Å²) in [4.78, 5) is 1.41. The molecule has 0 spiro atoms. The van der Waals surface area contributed by atoms with Gasteiger partial charge in [-0.25, -0.2) is 0 Å². The molecule has 0 nitrogen and oxygen atoms in total. The number of aryl methyl sites for hydroxylation is 1. The molecule has 1 unspecified atom stereocenters. The molecule has 0 amide bonds. The van der Waals surface area contributed by atoms with Crippen LogP contribution in [0, 0.1) is 6.92 Å². The van der Waals surface area contributed by atoms with E-state index in [1.54, 1.807) is 11.3 Å². The Kier molecular flexibility index (Phi) is 4.03. The minimum atomic E-state index is 0.431. The number of thiophene rings is 1. The van der Waals surface area contributed by atoms with Crippen molar-refractivity contribution in [2.75, 3.05) is 5.88 Å². The van der Waals surface area contributed by atoms with Crippen molar-refractivity contribution in [2.45, 2.75) is 19.3 Å². The summed E-state index contributed by atoms with van der Waals surface area (Å²) in [6.07, 6.45) is 1.05. The summed E-state index contributed by atoms with van der Waals surface area (Å²) < 4.78 is 0. The molecule has 2 aromatic rings. The molecule has 0 aliphatic heterocycles. The molecule has 1 atom stereocenters. The van der Waals surface area contributed by atoms with Crippen LogP contribution in [0.15, 0.2) is 41.8 Å². The molecule has 0 N–H and O–H groups in total. The number of hydrogen-bond donors (Lipinski definition) is 0. The molecular weight excluding hydrogens is 236 g/mol. The molecule has 0 saturated carbocycles. The number of halogens is 1. The maximum absolute atomic E-state index is 6.08. The lowest BCUT2D eigenvalue weighted by Crippen LogP contribution is -2.03. The van der Waals surface area contributed by atoms with Gasteiger partial charge in [0, 0.05) is 16.7 Å². The Morgan fingerprint density at radius 1 is 1.25 bits per heavy atom. The van der Waals surface area contributed by atoms with Crippen LogP contribution >= 0.6 is 22.9 Å². The van der Waals surface area contributed by atoms with Crippen LogP contribution in [0.5, 0.6) is 0 Å². The second-order valence-electron chi connectivity index (χ2n) is 4.05. The Balaban J connectivity index is 2.16. The standard InChI is InChI=1S/C14H15ClS/c1-11-4-2-5-12(8-11)13(10-15)9-14-6-3-7-16-14/h2-8,13H,9-10H2,1H3. The third kappa shape index (κ3) is 2.87. The van der Waals surface area contributed by atoms with E-state index in [4.69, 9.17) is 11.6 Å². The van der Waals surface area contributed by atoms with Gasteiger partial charge in [0.15, 0.2) is 0 Å². The van der Waals surface area contributed by atoms with Gasteiger partial charge in [0.1, 0.15) is 0 Å². The zero-order valence-electron chi connectivity index (χ0n) is 9.32. The first kappa shape index (κ1) is 11.7. The predicted molar refractivity (Wildman–Crippen MR) is 72.7 cm³/mol. The first-order chi connectivity index (χ1) is 7.79. The fraction of sp³-hybridized carbons (Fsp3) is 0.286. The summed E-state index contributed by atoms with van der Waals surface area (Å²) in [5.41, 5.74) is 2.65. The maximum Gasteiger partial charge on any atom is 0.0295 e. The summed E-state index contributed by atoms with van der Waals surface area (Å²) in [7, 11) is 0. The molecule has 0 aliphatic carbocycles. The van der Waals surface area contributed by atoms with Crippen molar-refractivity contribution in [1.29, 1.82) is 0 Å². The molecule has 1 aromatic heterocycles. The summed E-state index contributed by atoms with van der Waals surface area (Å²) in [6.45, 7) is 2.12. The van der Waals surface area contributed by atoms with Crippen LogP contribution in [0.3, 0.4) is 0 Å². The molecule has 16 heavy (non-hydrogen) atoms. The maximum atomic E-state index is 6.08. The third-order valence-corrected chi connectivity index (χ3v) is 4.00.